The lowest BCUT2D eigenvalue weighted by Crippen LogP contribution is -2.26. The highest BCUT2D eigenvalue weighted by Gasteiger charge is 2.13. The van der Waals surface area contributed by atoms with E-state index in [0.29, 0.717) is 5.69 Å². The Balaban J connectivity index is 2.36. The molecule has 2 aromatic rings. The number of benzene rings is 2. The Hall–Kier alpha value is -2.62. The minimum Gasteiger partial charge on any atom is -0.545 e. The van der Waals surface area contributed by atoms with Crippen molar-refractivity contribution in [3.63, 3.8) is 0 Å². The number of hydrogen-bond acceptors (Lipinski definition) is 3. The molecule has 0 aliphatic carbocycles. The highest BCUT2D eigenvalue weighted by Crippen LogP contribution is 2.21. The molecule has 0 aromatic heterocycles. The fourth-order valence-corrected chi connectivity index (χ4v) is 2.05. The first kappa shape index (κ1) is 13.8. The Morgan fingerprint density at radius 3 is 2.00 bits per heavy atom. The van der Waals surface area contributed by atoms with E-state index < -0.39 is 11.9 Å². The predicted molar refractivity (Wildman–Crippen MR) is 74.6 cm³/mol. The Morgan fingerprint density at radius 2 is 1.45 bits per heavy atom. The topological polar surface area (TPSA) is 69.2 Å². The number of anilines is 1. The van der Waals surface area contributed by atoms with Gasteiger partial charge in [-0.2, -0.15) is 0 Å². The molecule has 0 saturated carbocycles. The van der Waals surface area contributed by atoms with Crippen LogP contribution < -0.4 is 10.4 Å². The second-order valence-corrected chi connectivity index (χ2v) is 4.55. The summed E-state index contributed by atoms with van der Waals surface area (Å²) >= 11 is 0. The number of rotatable bonds is 3. The number of carbonyl (C=O) groups excluding carboxylic acids is 2. The summed E-state index contributed by atoms with van der Waals surface area (Å²) in [5, 5.41) is 13.8. The van der Waals surface area contributed by atoms with E-state index in [2.05, 4.69) is 5.32 Å². The first-order valence-corrected chi connectivity index (χ1v) is 6.18. The van der Waals surface area contributed by atoms with Crippen molar-refractivity contribution in [1.29, 1.82) is 0 Å². The standard InChI is InChI=1S/C16H15NO3/c1-10-6-5-7-11(2)14(10)17-15(18)12-8-3-4-9-13(12)16(19)20/h3-9H,1-2H3,(H,17,18)(H,19,20)/p-1. The van der Waals surface area contributed by atoms with Crippen molar-refractivity contribution in [3.8, 4) is 0 Å². The average molecular weight is 268 g/mol. The van der Waals surface area contributed by atoms with Gasteiger partial charge in [0.15, 0.2) is 0 Å². The maximum Gasteiger partial charge on any atom is 0.256 e. The molecule has 0 radical (unpaired) electrons. The Bertz CT molecular complexity index is 657. The summed E-state index contributed by atoms with van der Waals surface area (Å²) in [6.45, 7) is 3.76. The van der Waals surface area contributed by atoms with E-state index in [0.717, 1.165) is 11.1 Å². The van der Waals surface area contributed by atoms with Gasteiger partial charge in [0.05, 0.1) is 5.97 Å². The summed E-state index contributed by atoms with van der Waals surface area (Å²) in [7, 11) is 0. The minimum atomic E-state index is -1.36. The Kier molecular flexibility index (Phi) is 3.84. The molecular weight excluding hydrogens is 254 g/mol. The second kappa shape index (κ2) is 5.57. The van der Waals surface area contributed by atoms with Crippen LogP contribution in [0.1, 0.15) is 31.8 Å². The smallest absolute Gasteiger partial charge is 0.256 e. The first-order chi connectivity index (χ1) is 9.50. The molecule has 0 aliphatic rings. The monoisotopic (exact) mass is 268 g/mol. The molecular formula is C16H14NO3-. The van der Waals surface area contributed by atoms with E-state index in [1.54, 1.807) is 12.1 Å². The minimum absolute atomic E-state index is 0.0927. The van der Waals surface area contributed by atoms with Crippen LogP contribution in [0.4, 0.5) is 5.69 Å². The fraction of sp³-hybridized carbons (Fsp3) is 0.125. The van der Waals surface area contributed by atoms with Gasteiger partial charge in [-0.1, -0.05) is 36.4 Å². The van der Waals surface area contributed by atoms with Crippen LogP contribution in [-0.2, 0) is 0 Å². The van der Waals surface area contributed by atoms with Crippen LogP contribution in [0, 0.1) is 13.8 Å². The molecule has 0 atom stereocenters. The van der Waals surface area contributed by atoms with E-state index in [9.17, 15) is 14.7 Å². The SMILES string of the molecule is Cc1cccc(C)c1NC(=O)c1ccccc1C(=O)[O-]. The summed E-state index contributed by atoms with van der Waals surface area (Å²) in [6, 6.07) is 11.7. The lowest BCUT2D eigenvalue weighted by atomic mass is 10.1. The molecule has 0 saturated heterocycles. The van der Waals surface area contributed by atoms with Gasteiger partial charge in [0.2, 0.25) is 0 Å². The van der Waals surface area contributed by atoms with Crippen molar-refractivity contribution in [2.75, 3.05) is 5.32 Å². The highest BCUT2D eigenvalue weighted by atomic mass is 16.4. The zero-order valence-electron chi connectivity index (χ0n) is 11.3. The van der Waals surface area contributed by atoms with Gasteiger partial charge >= 0.3 is 0 Å². The molecule has 4 nitrogen and oxygen atoms in total. The van der Waals surface area contributed by atoms with Crippen LogP contribution in [-0.4, -0.2) is 11.9 Å². The normalized spacial score (nSPS) is 10.1. The van der Waals surface area contributed by atoms with Gasteiger partial charge in [0.25, 0.3) is 5.91 Å². The van der Waals surface area contributed by atoms with Crippen molar-refractivity contribution in [1.82, 2.24) is 0 Å². The van der Waals surface area contributed by atoms with Gasteiger partial charge in [0, 0.05) is 16.8 Å². The molecule has 2 rings (SSSR count). The fourth-order valence-electron chi connectivity index (χ4n) is 2.05. The molecule has 0 aliphatic heterocycles. The van der Waals surface area contributed by atoms with E-state index in [4.69, 9.17) is 0 Å². The summed E-state index contributed by atoms with van der Waals surface area (Å²) in [4.78, 5) is 23.3. The van der Waals surface area contributed by atoms with Crippen molar-refractivity contribution in [3.05, 3.63) is 64.7 Å². The van der Waals surface area contributed by atoms with Crippen LogP contribution in [0.3, 0.4) is 0 Å². The number of nitrogens with one attached hydrogen (secondary N) is 1. The third kappa shape index (κ3) is 2.69. The highest BCUT2D eigenvalue weighted by molar-refractivity contribution is 6.10. The molecule has 0 heterocycles. The van der Waals surface area contributed by atoms with Gasteiger partial charge in [-0.05, 0) is 31.0 Å². The quantitative estimate of drug-likeness (QED) is 0.924. The summed E-state index contributed by atoms with van der Waals surface area (Å²) in [5.41, 5.74) is 2.52. The maximum absolute atomic E-state index is 12.2. The summed E-state index contributed by atoms with van der Waals surface area (Å²) < 4.78 is 0. The third-order valence-electron chi connectivity index (χ3n) is 3.11. The Labute approximate surface area is 117 Å². The van der Waals surface area contributed by atoms with E-state index in [1.807, 2.05) is 32.0 Å². The Morgan fingerprint density at radius 1 is 0.900 bits per heavy atom. The van der Waals surface area contributed by atoms with Gasteiger partial charge in [-0.25, -0.2) is 0 Å². The van der Waals surface area contributed by atoms with Gasteiger partial charge < -0.3 is 15.2 Å². The molecule has 20 heavy (non-hydrogen) atoms. The van der Waals surface area contributed by atoms with Crippen molar-refractivity contribution < 1.29 is 14.7 Å². The molecule has 0 bridgehead atoms. The van der Waals surface area contributed by atoms with E-state index in [1.165, 1.54) is 12.1 Å². The average Bonchev–Trinajstić information content (AvgIpc) is 2.43. The van der Waals surface area contributed by atoms with Gasteiger partial charge in [-0.15, -0.1) is 0 Å². The van der Waals surface area contributed by atoms with Gasteiger partial charge in [0.1, 0.15) is 0 Å². The molecule has 102 valence electrons. The lowest BCUT2D eigenvalue weighted by molar-refractivity contribution is -0.255. The van der Waals surface area contributed by atoms with Crippen LogP contribution in [0.15, 0.2) is 42.5 Å². The van der Waals surface area contributed by atoms with E-state index in [-0.39, 0.29) is 11.1 Å². The number of carboxylic acids is 1. The van der Waals surface area contributed by atoms with Crippen LogP contribution in [0.5, 0.6) is 0 Å². The molecule has 1 amide bonds. The molecule has 0 unspecified atom stereocenters. The largest absolute Gasteiger partial charge is 0.545 e. The van der Waals surface area contributed by atoms with Gasteiger partial charge in [-0.3, -0.25) is 4.79 Å². The molecule has 1 N–H and O–H groups in total. The zero-order chi connectivity index (χ0) is 14.7. The number of aromatic carboxylic acids is 1. The van der Waals surface area contributed by atoms with Crippen molar-refractivity contribution in [2.24, 2.45) is 0 Å². The first-order valence-electron chi connectivity index (χ1n) is 6.18. The van der Waals surface area contributed by atoms with Crippen LogP contribution >= 0.6 is 0 Å². The number of amides is 1. The number of aryl methyl sites for hydroxylation is 2. The van der Waals surface area contributed by atoms with Crippen LogP contribution in [0.25, 0.3) is 0 Å². The number of para-hydroxylation sites is 1. The predicted octanol–water partition coefficient (Wildman–Crippen LogP) is 1.92. The molecule has 2 aromatic carbocycles. The maximum atomic E-state index is 12.2. The number of hydrogen-bond donors (Lipinski definition) is 1. The zero-order valence-corrected chi connectivity index (χ0v) is 11.3. The van der Waals surface area contributed by atoms with E-state index >= 15 is 0 Å². The lowest BCUT2D eigenvalue weighted by Gasteiger charge is -2.14. The third-order valence-corrected chi connectivity index (χ3v) is 3.11. The summed E-state index contributed by atoms with van der Waals surface area (Å²) in [5.74, 6) is -1.82. The van der Waals surface area contributed by atoms with Crippen molar-refractivity contribution in [2.45, 2.75) is 13.8 Å². The molecule has 0 spiro atoms. The summed E-state index contributed by atoms with van der Waals surface area (Å²) in [6.07, 6.45) is 0. The molecule has 0 fully saturated rings. The van der Waals surface area contributed by atoms with Crippen LogP contribution in [0.2, 0.25) is 0 Å². The molecule has 4 heteroatoms. The van der Waals surface area contributed by atoms with Crippen molar-refractivity contribution >= 4 is 17.6 Å². The number of carboxylic acid groups (broad SMARTS) is 1. The second-order valence-electron chi connectivity index (χ2n) is 4.55. The number of carbonyl (C=O) groups is 2.